The van der Waals surface area contributed by atoms with Gasteiger partial charge in [0.15, 0.2) is 0 Å². The maximum atomic E-state index is 12.0. The highest BCUT2D eigenvalue weighted by Gasteiger charge is 2.30. The molecular formula is C13H9Cl2F3N2O. The smallest absolute Gasteiger partial charge is 0.406 e. The number of anilines is 3. The molecule has 2 aromatic carbocycles. The van der Waals surface area contributed by atoms with Crippen molar-refractivity contribution in [1.82, 2.24) is 0 Å². The van der Waals surface area contributed by atoms with E-state index in [1.54, 1.807) is 24.3 Å². The SMILES string of the molecule is FC(F)(F)Oc1ccc(Nc2ccc(N(Cl)Cl)cc2)cc1. The van der Waals surface area contributed by atoms with E-state index in [1.165, 1.54) is 24.3 Å². The van der Waals surface area contributed by atoms with Gasteiger partial charge in [-0.25, -0.2) is 0 Å². The molecule has 2 aromatic rings. The van der Waals surface area contributed by atoms with Crippen molar-refractivity contribution in [1.29, 1.82) is 0 Å². The number of halogens is 5. The molecule has 1 N–H and O–H groups in total. The predicted octanol–water partition coefficient (Wildman–Crippen LogP) is 5.44. The van der Waals surface area contributed by atoms with E-state index in [9.17, 15) is 13.2 Å². The topological polar surface area (TPSA) is 24.5 Å². The Bertz CT molecular complexity index is 586. The van der Waals surface area contributed by atoms with Crippen LogP contribution in [0.15, 0.2) is 48.5 Å². The van der Waals surface area contributed by atoms with Crippen molar-refractivity contribution in [2.75, 3.05) is 9.25 Å². The Balaban J connectivity index is 2.03. The number of nitrogens with zero attached hydrogens (tertiary/aromatic N) is 1. The molecule has 0 saturated carbocycles. The van der Waals surface area contributed by atoms with Crippen LogP contribution < -0.4 is 14.0 Å². The van der Waals surface area contributed by atoms with Crippen molar-refractivity contribution < 1.29 is 17.9 Å². The summed E-state index contributed by atoms with van der Waals surface area (Å²) < 4.78 is 40.8. The first-order chi connectivity index (χ1) is 9.83. The van der Waals surface area contributed by atoms with Gasteiger partial charge >= 0.3 is 6.36 Å². The highest BCUT2D eigenvalue weighted by atomic mass is 35.5. The molecule has 0 spiro atoms. The summed E-state index contributed by atoms with van der Waals surface area (Å²) in [6, 6.07) is 12.2. The largest absolute Gasteiger partial charge is 0.573 e. The Morgan fingerprint density at radius 1 is 0.857 bits per heavy atom. The highest BCUT2D eigenvalue weighted by Crippen LogP contribution is 2.26. The molecule has 0 aliphatic rings. The van der Waals surface area contributed by atoms with Gasteiger partial charge in [-0.2, -0.15) is 3.94 Å². The van der Waals surface area contributed by atoms with Crippen molar-refractivity contribution in [3.05, 3.63) is 48.5 Å². The maximum Gasteiger partial charge on any atom is 0.573 e. The van der Waals surface area contributed by atoms with Gasteiger partial charge in [-0.1, -0.05) is 0 Å². The van der Waals surface area contributed by atoms with Crippen molar-refractivity contribution >= 4 is 40.6 Å². The summed E-state index contributed by atoms with van der Waals surface area (Å²) in [5.41, 5.74) is 1.95. The number of rotatable bonds is 4. The first kappa shape index (κ1) is 15.6. The van der Waals surface area contributed by atoms with Crippen LogP contribution in [0.5, 0.6) is 5.75 Å². The summed E-state index contributed by atoms with van der Waals surface area (Å²) in [5, 5.41) is 3.02. The lowest BCUT2D eigenvalue weighted by Crippen LogP contribution is -2.16. The summed E-state index contributed by atoms with van der Waals surface area (Å²) >= 11 is 11.1. The number of hydrogen-bond donors (Lipinski definition) is 1. The number of nitrogens with one attached hydrogen (secondary N) is 1. The lowest BCUT2D eigenvalue weighted by atomic mass is 10.2. The predicted molar refractivity (Wildman–Crippen MR) is 77.0 cm³/mol. The van der Waals surface area contributed by atoms with Gasteiger partial charge in [-0.3, -0.25) is 0 Å². The monoisotopic (exact) mass is 336 g/mol. The van der Waals surface area contributed by atoms with E-state index < -0.39 is 6.36 Å². The van der Waals surface area contributed by atoms with Gasteiger partial charge in [0.05, 0.1) is 5.69 Å². The van der Waals surface area contributed by atoms with Gasteiger partial charge in [0, 0.05) is 34.9 Å². The summed E-state index contributed by atoms with van der Waals surface area (Å²) in [7, 11) is 0. The summed E-state index contributed by atoms with van der Waals surface area (Å²) in [4.78, 5) is 0. The number of alkyl halides is 3. The van der Waals surface area contributed by atoms with Crippen LogP contribution in [0, 0.1) is 0 Å². The van der Waals surface area contributed by atoms with Gasteiger partial charge in [0.1, 0.15) is 5.75 Å². The molecule has 0 saturated heterocycles. The molecule has 2 rings (SSSR count). The Morgan fingerprint density at radius 3 is 1.76 bits per heavy atom. The lowest BCUT2D eigenvalue weighted by Gasteiger charge is -2.11. The molecule has 0 aromatic heterocycles. The molecular weight excluding hydrogens is 328 g/mol. The zero-order valence-electron chi connectivity index (χ0n) is 10.4. The standard InChI is InChI=1S/C13H9Cl2F3N2O/c14-20(15)11-5-1-9(2-6-11)19-10-3-7-12(8-4-10)21-13(16,17)18/h1-8,19H. The van der Waals surface area contributed by atoms with Crippen molar-refractivity contribution in [2.24, 2.45) is 0 Å². The summed E-state index contributed by atoms with van der Waals surface area (Å²) in [6.07, 6.45) is -4.69. The third kappa shape index (κ3) is 4.91. The van der Waals surface area contributed by atoms with Gasteiger partial charge < -0.3 is 10.1 Å². The second kappa shape index (κ2) is 6.32. The van der Waals surface area contributed by atoms with Gasteiger partial charge in [0.2, 0.25) is 0 Å². The molecule has 0 aliphatic carbocycles. The first-order valence-electron chi connectivity index (χ1n) is 5.68. The average Bonchev–Trinajstić information content (AvgIpc) is 2.40. The second-order valence-electron chi connectivity index (χ2n) is 3.98. The van der Waals surface area contributed by atoms with Crippen LogP contribution in [0.2, 0.25) is 0 Å². The van der Waals surface area contributed by atoms with Crippen LogP contribution in [-0.4, -0.2) is 6.36 Å². The van der Waals surface area contributed by atoms with Crippen LogP contribution in [-0.2, 0) is 0 Å². The third-order valence-corrected chi connectivity index (χ3v) is 2.83. The fraction of sp³-hybridized carbons (Fsp3) is 0.0769. The minimum absolute atomic E-state index is 0.275. The lowest BCUT2D eigenvalue weighted by molar-refractivity contribution is -0.274. The fourth-order valence-corrected chi connectivity index (χ4v) is 1.79. The van der Waals surface area contributed by atoms with Crippen molar-refractivity contribution in [2.45, 2.75) is 6.36 Å². The van der Waals surface area contributed by atoms with Crippen LogP contribution in [0.3, 0.4) is 0 Å². The molecule has 0 unspecified atom stereocenters. The van der Waals surface area contributed by atoms with E-state index in [4.69, 9.17) is 23.6 Å². The molecule has 21 heavy (non-hydrogen) atoms. The van der Waals surface area contributed by atoms with Crippen LogP contribution in [0.25, 0.3) is 0 Å². The van der Waals surface area contributed by atoms with E-state index in [0.717, 1.165) is 9.63 Å². The average molecular weight is 337 g/mol. The zero-order chi connectivity index (χ0) is 15.5. The van der Waals surface area contributed by atoms with E-state index >= 15 is 0 Å². The number of benzene rings is 2. The molecule has 0 bridgehead atoms. The summed E-state index contributed by atoms with van der Waals surface area (Å²) in [6.45, 7) is 0. The molecule has 8 heteroatoms. The molecule has 0 aliphatic heterocycles. The molecule has 3 nitrogen and oxygen atoms in total. The van der Waals surface area contributed by atoms with Crippen LogP contribution in [0.4, 0.5) is 30.2 Å². The Morgan fingerprint density at radius 2 is 1.33 bits per heavy atom. The molecule has 0 atom stereocenters. The maximum absolute atomic E-state index is 12.0. The molecule has 0 radical (unpaired) electrons. The van der Waals surface area contributed by atoms with E-state index in [-0.39, 0.29) is 5.75 Å². The van der Waals surface area contributed by atoms with E-state index in [1.807, 2.05) is 0 Å². The molecule has 0 heterocycles. The Labute approximate surface area is 129 Å². The second-order valence-corrected chi connectivity index (χ2v) is 4.83. The molecule has 0 fully saturated rings. The van der Waals surface area contributed by atoms with E-state index in [0.29, 0.717) is 11.4 Å². The Hall–Kier alpha value is -1.79. The van der Waals surface area contributed by atoms with Crippen LogP contribution >= 0.6 is 23.6 Å². The minimum Gasteiger partial charge on any atom is -0.406 e. The number of ether oxygens (including phenoxy) is 1. The van der Waals surface area contributed by atoms with Crippen molar-refractivity contribution in [3.8, 4) is 5.75 Å². The molecule has 0 amide bonds. The zero-order valence-corrected chi connectivity index (χ0v) is 11.9. The minimum atomic E-state index is -4.69. The van der Waals surface area contributed by atoms with Gasteiger partial charge in [-0.05, 0) is 48.5 Å². The highest BCUT2D eigenvalue weighted by molar-refractivity contribution is 6.49. The first-order valence-corrected chi connectivity index (χ1v) is 6.36. The quantitative estimate of drug-likeness (QED) is 0.752. The van der Waals surface area contributed by atoms with E-state index in [2.05, 4.69) is 10.1 Å². The molecule has 112 valence electrons. The fourth-order valence-electron chi connectivity index (χ4n) is 1.56. The number of hydrogen-bond acceptors (Lipinski definition) is 3. The third-order valence-electron chi connectivity index (χ3n) is 2.44. The van der Waals surface area contributed by atoms with Gasteiger partial charge in [-0.15, -0.1) is 13.2 Å². The Kier molecular flexibility index (Phi) is 4.69. The normalized spacial score (nSPS) is 11.1. The van der Waals surface area contributed by atoms with Gasteiger partial charge in [0.25, 0.3) is 0 Å². The van der Waals surface area contributed by atoms with Crippen molar-refractivity contribution in [3.63, 3.8) is 0 Å². The summed E-state index contributed by atoms with van der Waals surface area (Å²) in [5.74, 6) is -0.275. The van der Waals surface area contributed by atoms with Crippen LogP contribution in [0.1, 0.15) is 0 Å².